The number of aliphatic hydroxyl groups excluding tert-OH is 1. The molecule has 9 nitrogen and oxygen atoms in total. The number of esters is 2. The van der Waals surface area contributed by atoms with Gasteiger partial charge in [-0.15, -0.1) is 0 Å². The minimum atomic E-state index is -4.82. The van der Waals surface area contributed by atoms with Gasteiger partial charge in [-0.25, -0.2) is 4.57 Å². The van der Waals surface area contributed by atoms with Crippen LogP contribution in [0.5, 0.6) is 0 Å². The highest BCUT2D eigenvalue weighted by Gasteiger charge is 2.23. The summed E-state index contributed by atoms with van der Waals surface area (Å²) in [6.07, 6.45) is 54.9. The molecule has 0 saturated carbocycles. The Bertz CT molecular complexity index is 1240. The molecule has 0 fully saturated rings. The van der Waals surface area contributed by atoms with Gasteiger partial charge >= 0.3 is 19.8 Å². The summed E-state index contributed by atoms with van der Waals surface area (Å²) in [5.41, 5.74) is 0. The first-order chi connectivity index (χ1) is 28.7. The first-order valence-corrected chi connectivity index (χ1v) is 24.5. The van der Waals surface area contributed by atoms with E-state index in [9.17, 15) is 19.3 Å². The van der Waals surface area contributed by atoms with E-state index >= 15 is 0 Å². The zero-order valence-corrected chi connectivity index (χ0v) is 37.9. The average Bonchev–Trinajstić information content (AvgIpc) is 3.21. The van der Waals surface area contributed by atoms with Gasteiger partial charge in [-0.2, -0.15) is 0 Å². The molecule has 0 heterocycles. The Hall–Kier alpha value is -2.81. The molecule has 338 valence electrons. The number of phosphoric ester groups is 1. The number of carbonyl (C=O) groups excluding carboxylic acids is 2. The fourth-order valence-corrected chi connectivity index (χ4v) is 6.43. The minimum absolute atomic E-state index is 0.0888. The molecule has 1 unspecified atom stereocenters. The Balaban J connectivity index is 4.08. The molecule has 0 rings (SSSR count). The van der Waals surface area contributed by atoms with Gasteiger partial charge in [0.15, 0.2) is 6.10 Å². The molecule has 2 atom stereocenters. The Morgan fingerprint density at radius 3 is 1.53 bits per heavy atom. The highest BCUT2D eigenvalue weighted by atomic mass is 31.2. The summed E-state index contributed by atoms with van der Waals surface area (Å²) in [7, 11) is -4.82. The largest absolute Gasteiger partial charge is 0.469 e. The number of carbonyl (C=O) groups is 2. The van der Waals surface area contributed by atoms with E-state index in [-0.39, 0.29) is 19.3 Å². The summed E-state index contributed by atoms with van der Waals surface area (Å²) >= 11 is 0. The molecular formula is C49H83O9P. The first-order valence-electron chi connectivity index (χ1n) is 23.0. The molecule has 0 aromatic heterocycles. The first kappa shape index (κ1) is 56.2. The Kier molecular flexibility index (Phi) is 41.2. The van der Waals surface area contributed by atoms with Crippen LogP contribution in [0.15, 0.2) is 85.1 Å². The molecule has 0 aromatic carbocycles. The topological polar surface area (TPSA) is 140 Å². The van der Waals surface area contributed by atoms with Gasteiger partial charge in [0.2, 0.25) is 0 Å². The predicted molar refractivity (Wildman–Crippen MR) is 245 cm³/mol. The monoisotopic (exact) mass is 847 g/mol. The summed E-state index contributed by atoms with van der Waals surface area (Å²) in [5, 5.41) is 10.2. The number of rotatable bonds is 41. The minimum Gasteiger partial charge on any atom is -0.462 e. The standard InChI is InChI=1S/C49H83O9P/c1-3-5-7-9-11-13-15-17-19-21-22-23-24-25-27-29-31-33-35-37-39-41-49(52)58-47(45-57-59(53,54)55)44-56-48(51)43-42-46(50)40-38-36-34-32-30-28-26-20-18-16-14-12-10-8-6-4-2/h6,8,12,14,17-20,28,30,34,36,38,40,46-47,50H,3-5,7,9-11,13,15-16,21-27,29,31-33,35,37,39,41-45H2,1-2H3,(H2,53,54,55)/b8-6-,14-12-,19-17-,20-18-,30-28-,36-34-,40-38-/t46?,47-/m1/s1. The van der Waals surface area contributed by atoms with E-state index in [0.29, 0.717) is 6.42 Å². The van der Waals surface area contributed by atoms with Crippen molar-refractivity contribution in [3.63, 3.8) is 0 Å². The number of aliphatic hydroxyl groups is 1. The smallest absolute Gasteiger partial charge is 0.462 e. The predicted octanol–water partition coefficient (Wildman–Crippen LogP) is 13.4. The van der Waals surface area contributed by atoms with Gasteiger partial charge in [0.05, 0.1) is 12.7 Å². The van der Waals surface area contributed by atoms with Crippen LogP contribution in [0, 0.1) is 0 Å². The van der Waals surface area contributed by atoms with Gasteiger partial charge in [0.25, 0.3) is 0 Å². The van der Waals surface area contributed by atoms with E-state index in [1.54, 1.807) is 12.2 Å². The van der Waals surface area contributed by atoms with Gasteiger partial charge in [-0.1, -0.05) is 189 Å². The number of unbranched alkanes of at least 4 members (excludes halogenated alkanes) is 17. The fraction of sp³-hybridized carbons (Fsp3) is 0.673. The van der Waals surface area contributed by atoms with Crippen molar-refractivity contribution >= 4 is 19.8 Å². The molecule has 0 aromatic rings. The van der Waals surface area contributed by atoms with Gasteiger partial charge < -0.3 is 24.4 Å². The molecule has 0 radical (unpaired) electrons. The molecule has 3 N–H and O–H groups in total. The van der Waals surface area contributed by atoms with Crippen molar-refractivity contribution in [3.8, 4) is 0 Å². The lowest BCUT2D eigenvalue weighted by Crippen LogP contribution is -2.29. The van der Waals surface area contributed by atoms with Crippen molar-refractivity contribution in [2.45, 2.75) is 199 Å². The van der Waals surface area contributed by atoms with Gasteiger partial charge in [0.1, 0.15) is 6.61 Å². The van der Waals surface area contributed by atoms with Crippen LogP contribution < -0.4 is 0 Å². The Labute approximate surface area is 359 Å². The third-order valence-electron chi connectivity index (χ3n) is 9.52. The molecule has 0 amide bonds. The van der Waals surface area contributed by atoms with Crippen molar-refractivity contribution in [2.24, 2.45) is 0 Å². The Morgan fingerprint density at radius 2 is 1.02 bits per heavy atom. The molecule has 10 heteroatoms. The number of phosphoric acid groups is 1. The highest BCUT2D eigenvalue weighted by Crippen LogP contribution is 2.36. The lowest BCUT2D eigenvalue weighted by molar-refractivity contribution is -0.161. The second-order valence-electron chi connectivity index (χ2n) is 15.2. The normalized spacial score (nSPS) is 13.8. The van der Waals surface area contributed by atoms with Crippen LogP contribution in [0.25, 0.3) is 0 Å². The average molecular weight is 847 g/mol. The molecule has 0 aliphatic carbocycles. The summed E-state index contributed by atoms with van der Waals surface area (Å²) < 4.78 is 26.3. The van der Waals surface area contributed by atoms with Crippen LogP contribution in [0.4, 0.5) is 0 Å². The summed E-state index contributed by atoms with van der Waals surface area (Å²) in [5.74, 6) is -1.17. The van der Waals surface area contributed by atoms with Crippen molar-refractivity contribution in [1.82, 2.24) is 0 Å². The van der Waals surface area contributed by atoms with E-state index in [1.165, 1.54) is 96.3 Å². The molecule has 0 saturated heterocycles. The van der Waals surface area contributed by atoms with Crippen molar-refractivity contribution < 1.29 is 43.0 Å². The van der Waals surface area contributed by atoms with Crippen molar-refractivity contribution in [3.05, 3.63) is 85.1 Å². The SMILES string of the molecule is CC/C=C\C/C=C\C/C=C\C/C=C\C/C=C\C=C/C(O)CCC(=O)OC[C@H](COP(=O)(O)O)OC(=O)CCCCCCCCCCCCC/C=C\CCCCCCCC. The van der Waals surface area contributed by atoms with Crippen molar-refractivity contribution in [2.75, 3.05) is 13.2 Å². The van der Waals surface area contributed by atoms with Crippen LogP contribution >= 0.6 is 7.82 Å². The summed E-state index contributed by atoms with van der Waals surface area (Å²) in [4.78, 5) is 43.0. The van der Waals surface area contributed by atoms with Gasteiger partial charge in [-0.3, -0.25) is 14.1 Å². The van der Waals surface area contributed by atoms with E-state index in [1.807, 2.05) is 12.2 Å². The number of hydrogen-bond donors (Lipinski definition) is 3. The maximum absolute atomic E-state index is 12.5. The summed E-state index contributed by atoms with van der Waals surface area (Å²) in [6.45, 7) is 3.37. The molecule has 0 bridgehead atoms. The fourth-order valence-electron chi connectivity index (χ4n) is 6.07. The molecular weight excluding hydrogens is 764 g/mol. The number of allylic oxidation sites excluding steroid dienone is 13. The lowest BCUT2D eigenvalue weighted by atomic mass is 10.0. The molecule has 0 spiro atoms. The maximum atomic E-state index is 12.5. The van der Waals surface area contributed by atoms with Crippen molar-refractivity contribution in [1.29, 1.82) is 0 Å². The van der Waals surface area contributed by atoms with E-state index in [4.69, 9.17) is 19.3 Å². The van der Waals surface area contributed by atoms with Crippen LogP contribution in [-0.2, 0) is 28.2 Å². The third kappa shape index (κ3) is 46.1. The lowest BCUT2D eigenvalue weighted by Gasteiger charge is -2.18. The van der Waals surface area contributed by atoms with Gasteiger partial charge in [-0.05, 0) is 70.6 Å². The van der Waals surface area contributed by atoms with Crippen LogP contribution in [0.3, 0.4) is 0 Å². The number of ether oxygens (including phenoxy) is 2. The van der Waals surface area contributed by atoms with E-state index < -0.39 is 45.2 Å². The zero-order chi connectivity index (χ0) is 43.3. The second kappa shape index (κ2) is 43.3. The van der Waals surface area contributed by atoms with E-state index in [2.05, 4.69) is 79.1 Å². The van der Waals surface area contributed by atoms with Gasteiger partial charge in [0, 0.05) is 12.8 Å². The Morgan fingerprint density at radius 1 is 0.542 bits per heavy atom. The molecule has 59 heavy (non-hydrogen) atoms. The molecule has 0 aliphatic heterocycles. The molecule has 0 aliphatic rings. The third-order valence-corrected chi connectivity index (χ3v) is 10.0. The van der Waals surface area contributed by atoms with Crippen LogP contribution in [0.1, 0.15) is 187 Å². The quantitative estimate of drug-likeness (QED) is 0.0180. The van der Waals surface area contributed by atoms with Crippen LogP contribution in [-0.4, -0.2) is 52.3 Å². The van der Waals surface area contributed by atoms with E-state index in [0.717, 1.165) is 51.4 Å². The summed E-state index contributed by atoms with van der Waals surface area (Å²) in [6, 6.07) is 0. The highest BCUT2D eigenvalue weighted by molar-refractivity contribution is 7.46. The maximum Gasteiger partial charge on any atom is 0.469 e. The van der Waals surface area contributed by atoms with Crippen LogP contribution in [0.2, 0.25) is 0 Å². The zero-order valence-electron chi connectivity index (χ0n) is 37.0. The second-order valence-corrected chi connectivity index (χ2v) is 16.4. The number of hydrogen-bond acceptors (Lipinski definition) is 7.